The third-order valence-corrected chi connectivity index (χ3v) is 5.68. The van der Waals surface area contributed by atoms with Gasteiger partial charge >= 0.3 is 0 Å². The molecule has 0 unspecified atom stereocenters. The van der Waals surface area contributed by atoms with Crippen LogP contribution in [-0.2, 0) is 14.3 Å². The number of aromatic nitrogens is 1. The van der Waals surface area contributed by atoms with Gasteiger partial charge in [0.1, 0.15) is 6.61 Å². The average molecular weight is 381 g/mol. The lowest BCUT2D eigenvalue weighted by Crippen LogP contribution is -2.73. The van der Waals surface area contributed by atoms with Crippen LogP contribution in [0.4, 0.5) is 0 Å². The fourth-order valence-electron chi connectivity index (χ4n) is 4.35. The van der Waals surface area contributed by atoms with Gasteiger partial charge in [0, 0.05) is 32.0 Å². The second kappa shape index (κ2) is 7.69. The summed E-state index contributed by atoms with van der Waals surface area (Å²) < 4.78 is 4.92. The highest BCUT2D eigenvalue weighted by molar-refractivity contribution is 5.88. The Morgan fingerprint density at radius 3 is 2.50 bits per heavy atom. The Balaban J connectivity index is 1.56. The van der Waals surface area contributed by atoms with E-state index in [9.17, 15) is 14.7 Å². The summed E-state index contributed by atoms with van der Waals surface area (Å²) in [5.41, 5.74) is 3.23. The van der Waals surface area contributed by atoms with Gasteiger partial charge in [0.05, 0.1) is 25.2 Å². The molecule has 2 amide bonds. The molecule has 0 spiro atoms. The number of nitrogens with zero attached hydrogens (tertiary/aromatic N) is 3. The van der Waals surface area contributed by atoms with Crippen molar-refractivity contribution in [1.29, 1.82) is 0 Å². The van der Waals surface area contributed by atoms with Crippen LogP contribution in [0.25, 0.3) is 11.1 Å². The number of benzene rings is 1. The monoisotopic (exact) mass is 381 g/mol. The summed E-state index contributed by atoms with van der Waals surface area (Å²) in [6.45, 7) is 0.379. The van der Waals surface area contributed by atoms with E-state index in [1.165, 1.54) is 7.11 Å². The van der Waals surface area contributed by atoms with Gasteiger partial charge in [-0.3, -0.25) is 14.6 Å². The van der Waals surface area contributed by atoms with Crippen LogP contribution in [0.5, 0.6) is 0 Å². The molecular weight excluding hydrogens is 358 g/mol. The maximum absolute atomic E-state index is 12.5. The largest absolute Gasteiger partial charge is 0.394 e. The molecule has 4 rings (SSSR count). The average Bonchev–Trinajstić information content (AvgIpc) is 2.71. The first kappa shape index (κ1) is 18.6. The maximum atomic E-state index is 12.5. The van der Waals surface area contributed by atoms with Crippen molar-refractivity contribution in [3.63, 3.8) is 0 Å². The molecule has 146 valence electrons. The summed E-state index contributed by atoms with van der Waals surface area (Å²) >= 11 is 0. The molecule has 0 bridgehead atoms. The number of carbonyl (C=O) groups excluding carboxylic acids is 2. The van der Waals surface area contributed by atoms with Crippen LogP contribution in [0.15, 0.2) is 48.8 Å². The Bertz CT molecular complexity index is 856. The number of aliphatic hydroxyl groups excluding tert-OH is 1. The van der Waals surface area contributed by atoms with Crippen molar-refractivity contribution in [2.45, 2.75) is 18.0 Å². The van der Waals surface area contributed by atoms with Gasteiger partial charge in [-0.1, -0.05) is 24.3 Å². The SMILES string of the molecule is COCC(=O)N1CC(=O)N2[C@@H](CO)[C@H](c3ccc(-c4ccncc4)cc3)[C@@H]2C1. The topological polar surface area (TPSA) is 83.0 Å². The van der Waals surface area contributed by atoms with Crippen LogP contribution in [-0.4, -0.2) is 77.2 Å². The van der Waals surface area contributed by atoms with Crippen LogP contribution < -0.4 is 0 Å². The first-order valence-electron chi connectivity index (χ1n) is 9.33. The molecule has 7 nitrogen and oxygen atoms in total. The lowest BCUT2D eigenvalue weighted by Gasteiger charge is -2.58. The van der Waals surface area contributed by atoms with Gasteiger partial charge in [0.15, 0.2) is 0 Å². The maximum Gasteiger partial charge on any atom is 0.249 e. The van der Waals surface area contributed by atoms with Crippen LogP contribution in [0.3, 0.4) is 0 Å². The molecule has 3 atom stereocenters. The van der Waals surface area contributed by atoms with E-state index in [2.05, 4.69) is 4.98 Å². The minimum absolute atomic E-state index is 0.00131. The fraction of sp³-hybridized carbons (Fsp3) is 0.381. The van der Waals surface area contributed by atoms with Gasteiger partial charge in [-0.2, -0.15) is 0 Å². The van der Waals surface area contributed by atoms with E-state index in [1.54, 1.807) is 22.2 Å². The van der Waals surface area contributed by atoms with Crippen LogP contribution in [0.2, 0.25) is 0 Å². The van der Waals surface area contributed by atoms with Crippen molar-refractivity contribution >= 4 is 11.8 Å². The summed E-state index contributed by atoms with van der Waals surface area (Å²) in [5, 5.41) is 9.86. The second-order valence-electron chi connectivity index (χ2n) is 7.21. The van der Waals surface area contributed by atoms with Gasteiger partial charge in [0.25, 0.3) is 0 Å². The summed E-state index contributed by atoms with van der Waals surface area (Å²) in [4.78, 5) is 32.1. The predicted octanol–water partition coefficient (Wildman–Crippen LogP) is 0.893. The lowest BCUT2D eigenvalue weighted by molar-refractivity contribution is -0.168. The number of piperazine rings is 1. The number of pyridine rings is 1. The molecule has 2 aromatic rings. The zero-order chi connectivity index (χ0) is 19.7. The van der Waals surface area contributed by atoms with Crippen molar-refractivity contribution in [1.82, 2.24) is 14.8 Å². The highest BCUT2D eigenvalue weighted by Crippen LogP contribution is 2.43. The van der Waals surface area contributed by atoms with E-state index < -0.39 is 0 Å². The number of hydrogen-bond acceptors (Lipinski definition) is 5. The summed E-state index contributed by atoms with van der Waals surface area (Å²) in [5.74, 6) is -0.308. The van der Waals surface area contributed by atoms with Gasteiger partial charge in [-0.05, 0) is 28.8 Å². The molecule has 7 heteroatoms. The van der Waals surface area contributed by atoms with Crippen molar-refractivity contribution in [3.8, 4) is 11.1 Å². The Morgan fingerprint density at radius 1 is 1.18 bits per heavy atom. The van der Waals surface area contributed by atoms with Crippen LogP contribution in [0, 0.1) is 0 Å². The van der Waals surface area contributed by atoms with Crippen molar-refractivity contribution < 1.29 is 19.4 Å². The second-order valence-corrected chi connectivity index (χ2v) is 7.21. The molecule has 2 aliphatic heterocycles. The molecule has 3 heterocycles. The first-order valence-corrected chi connectivity index (χ1v) is 9.33. The summed E-state index contributed by atoms with van der Waals surface area (Å²) in [7, 11) is 1.47. The predicted molar refractivity (Wildman–Crippen MR) is 102 cm³/mol. The van der Waals surface area contributed by atoms with Gasteiger partial charge in [-0.25, -0.2) is 0 Å². The van der Waals surface area contributed by atoms with Gasteiger partial charge < -0.3 is 19.6 Å². The molecule has 0 saturated carbocycles. The Labute approximate surface area is 163 Å². The minimum atomic E-state index is -0.246. The highest BCUT2D eigenvalue weighted by Gasteiger charge is 2.54. The normalized spacial score (nSPS) is 23.9. The third kappa shape index (κ3) is 3.16. The number of hydrogen-bond donors (Lipinski definition) is 1. The lowest BCUT2D eigenvalue weighted by atomic mass is 9.73. The molecule has 1 aromatic carbocycles. The molecule has 2 saturated heterocycles. The number of rotatable bonds is 5. The van der Waals surface area contributed by atoms with Crippen LogP contribution in [0.1, 0.15) is 11.5 Å². The number of amides is 2. The van der Waals surface area contributed by atoms with Gasteiger partial charge in [0.2, 0.25) is 11.8 Å². The van der Waals surface area contributed by atoms with Crippen molar-refractivity contribution in [2.75, 3.05) is 33.4 Å². The number of methoxy groups -OCH3 is 1. The Kier molecular flexibility index (Phi) is 5.11. The van der Waals surface area contributed by atoms with E-state index in [0.717, 1.165) is 16.7 Å². The van der Waals surface area contributed by atoms with E-state index in [1.807, 2.05) is 36.4 Å². The minimum Gasteiger partial charge on any atom is -0.394 e. The first-order chi connectivity index (χ1) is 13.6. The molecule has 28 heavy (non-hydrogen) atoms. The number of aliphatic hydroxyl groups is 1. The molecule has 2 fully saturated rings. The molecule has 1 N–H and O–H groups in total. The standard InChI is InChI=1S/C21H23N3O4/c1-28-13-20(27)23-10-17-21(18(12-25)24(17)19(26)11-23)16-4-2-14(3-5-16)15-6-8-22-9-7-15/h2-9,17-18,21,25H,10-13H2,1H3/t17-,18-,21+/m0/s1. The number of fused-ring (bicyclic) bond motifs is 1. The molecule has 0 radical (unpaired) electrons. The van der Waals surface area contributed by atoms with E-state index in [-0.39, 0.29) is 49.6 Å². The third-order valence-electron chi connectivity index (χ3n) is 5.68. The zero-order valence-corrected chi connectivity index (χ0v) is 15.7. The molecular formula is C21H23N3O4. The van der Waals surface area contributed by atoms with Crippen molar-refractivity contribution in [3.05, 3.63) is 54.4 Å². The fourth-order valence-corrected chi connectivity index (χ4v) is 4.35. The summed E-state index contributed by atoms with van der Waals surface area (Å²) in [6, 6.07) is 11.7. The number of ether oxygens (including phenoxy) is 1. The zero-order valence-electron chi connectivity index (χ0n) is 15.7. The van der Waals surface area contributed by atoms with E-state index in [0.29, 0.717) is 6.54 Å². The summed E-state index contributed by atoms with van der Waals surface area (Å²) in [6.07, 6.45) is 3.52. The quantitative estimate of drug-likeness (QED) is 0.832. The molecule has 0 aliphatic carbocycles. The molecule has 2 aliphatic rings. The van der Waals surface area contributed by atoms with Gasteiger partial charge in [-0.15, -0.1) is 0 Å². The number of carbonyl (C=O) groups is 2. The smallest absolute Gasteiger partial charge is 0.249 e. The highest BCUT2D eigenvalue weighted by atomic mass is 16.5. The molecule has 1 aromatic heterocycles. The van der Waals surface area contributed by atoms with E-state index >= 15 is 0 Å². The Hall–Kier alpha value is -2.77. The van der Waals surface area contributed by atoms with E-state index in [4.69, 9.17) is 4.74 Å². The van der Waals surface area contributed by atoms with Crippen molar-refractivity contribution in [2.24, 2.45) is 0 Å². The Morgan fingerprint density at radius 2 is 1.86 bits per heavy atom. The van der Waals surface area contributed by atoms with Crippen LogP contribution >= 0.6 is 0 Å².